The van der Waals surface area contributed by atoms with Gasteiger partial charge in [0.05, 0.1) is 5.69 Å². The Labute approximate surface area is 150 Å². The number of hydrogen-bond acceptors (Lipinski definition) is 5. The molecular weight excluding hydrogens is 340 g/mol. The van der Waals surface area contributed by atoms with Gasteiger partial charge in [-0.25, -0.2) is 4.98 Å². The largest absolute Gasteiger partial charge is 0.480 e. The number of hydrogen-bond donors (Lipinski definition) is 3. The molecule has 0 saturated heterocycles. The fourth-order valence-electron chi connectivity index (χ4n) is 2.50. The normalized spacial score (nSPS) is 13.6. The molecule has 2 rings (SSSR count). The van der Waals surface area contributed by atoms with Crippen molar-refractivity contribution in [3.8, 4) is 10.6 Å². The summed E-state index contributed by atoms with van der Waals surface area (Å²) in [5.74, 6) is -1.97. The maximum atomic E-state index is 11.5. The lowest BCUT2D eigenvalue weighted by atomic mass is 10.0. The molecule has 0 bridgehead atoms. The van der Waals surface area contributed by atoms with Crippen molar-refractivity contribution in [1.29, 1.82) is 0 Å². The summed E-state index contributed by atoms with van der Waals surface area (Å²) in [5.41, 5.74) is 1.61. The maximum absolute atomic E-state index is 11.5. The lowest BCUT2D eigenvalue weighted by Gasteiger charge is -2.21. The third-order valence-electron chi connectivity index (χ3n) is 3.69. The predicted molar refractivity (Wildman–Crippen MR) is 96.7 cm³/mol. The van der Waals surface area contributed by atoms with E-state index in [9.17, 15) is 19.8 Å². The van der Waals surface area contributed by atoms with Crippen molar-refractivity contribution in [1.82, 2.24) is 10.3 Å². The van der Waals surface area contributed by atoms with Crippen molar-refractivity contribution < 1.29 is 19.8 Å². The molecule has 0 aliphatic rings. The Morgan fingerprint density at radius 2 is 1.76 bits per heavy atom. The first-order chi connectivity index (χ1) is 11.9. The lowest BCUT2D eigenvalue weighted by molar-refractivity contribution is -0.142. The summed E-state index contributed by atoms with van der Waals surface area (Å²) in [6.45, 7) is 3.81. The highest BCUT2D eigenvalue weighted by atomic mass is 32.1. The van der Waals surface area contributed by atoms with Crippen LogP contribution >= 0.6 is 11.3 Å². The summed E-state index contributed by atoms with van der Waals surface area (Å²) in [4.78, 5) is 27.4. The van der Waals surface area contributed by atoms with Gasteiger partial charge in [-0.1, -0.05) is 44.2 Å². The van der Waals surface area contributed by atoms with E-state index in [0.29, 0.717) is 12.1 Å². The minimum absolute atomic E-state index is 0.139. The molecule has 0 fully saturated rings. The molecule has 0 spiro atoms. The zero-order valence-corrected chi connectivity index (χ0v) is 15.0. The van der Waals surface area contributed by atoms with Gasteiger partial charge < -0.3 is 10.2 Å². The highest BCUT2D eigenvalue weighted by Gasteiger charge is 2.27. The van der Waals surface area contributed by atoms with E-state index in [1.165, 1.54) is 11.3 Å². The minimum atomic E-state index is -1.08. The second-order valence-electron chi connectivity index (χ2n) is 6.29. The van der Waals surface area contributed by atoms with Crippen LogP contribution in [0.4, 0.5) is 0 Å². The van der Waals surface area contributed by atoms with Gasteiger partial charge in [0.25, 0.3) is 0 Å². The van der Waals surface area contributed by atoms with Crippen molar-refractivity contribution in [2.75, 3.05) is 0 Å². The second-order valence-corrected chi connectivity index (χ2v) is 7.15. The summed E-state index contributed by atoms with van der Waals surface area (Å²) in [5, 5.41) is 24.1. The van der Waals surface area contributed by atoms with Gasteiger partial charge in [0.1, 0.15) is 17.1 Å². The number of nitrogens with one attached hydrogen (secondary N) is 1. The first-order valence-electron chi connectivity index (χ1n) is 8.08. The molecule has 7 heteroatoms. The molecular formula is C18H22N2O4S. The first kappa shape index (κ1) is 19.1. The SMILES string of the molecule is CC(C)CC(N[C@@H](Cc1csc(-c2ccccc2)n1)C(=O)O)C(=O)O. The molecule has 25 heavy (non-hydrogen) atoms. The summed E-state index contributed by atoms with van der Waals surface area (Å²) in [6, 6.07) is 7.75. The number of carboxylic acid groups (broad SMARTS) is 2. The van der Waals surface area contributed by atoms with Crippen LogP contribution in [0.1, 0.15) is 26.0 Å². The predicted octanol–water partition coefficient (Wildman–Crippen LogP) is 2.89. The van der Waals surface area contributed by atoms with Crippen LogP contribution in [0.5, 0.6) is 0 Å². The van der Waals surface area contributed by atoms with Crippen molar-refractivity contribution in [3.63, 3.8) is 0 Å². The van der Waals surface area contributed by atoms with Gasteiger partial charge in [-0.05, 0) is 12.3 Å². The van der Waals surface area contributed by atoms with E-state index >= 15 is 0 Å². The molecule has 2 aromatic rings. The van der Waals surface area contributed by atoms with Crippen molar-refractivity contribution in [2.45, 2.75) is 38.8 Å². The molecule has 0 radical (unpaired) electrons. The zero-order valence-electron chi connectivity index (χ0n) is 14.2. The molecule has 1 aromatic heterocycles. The van der Waals surface area contributed by atoms with Crippen LogP contribution in [0, 0.1) is 5.92 Å². The van der Waals surface area contributed by atoms with E-state index in [-0.39, 0.29) is 12.3 Å². The third kappa shape index (κ3) is 5.65. The van der Waals surface area contributed by atoms with Crippen LogP contribution in [-0.4, -0.2) is 39.2 Å². The first-order valence-corrected chi connectivity index (χ1v) is 8.96. The summed E-state index contributed by atoms with van der Waals surface area (Å²) < 4.78 is 0. The molecule has 0 amide bonds. The number of aliphatic carboxylic acids is 2. The third-order valence-corrected chi connectivity index (χ3v) is 4.63. The number of nitrogens with zero attached hydrogens (tertiary/aromatic N) is 1. The molecule has 0 saturated carbocycles. The van der Waals surface area contributed by atoms with E-state index in [4.69, 9.17) is 0 Å². The fraction of sp³-hybridized carbons (Fsp3) is 0.389. The molecule has 1 unspecified atom stereocenters. The molecule has 6 nitrogen and oxygen atoms in total. The Morgan fingerprint density at radius 3 is 2.32 bits per heavy atom. The number of aromatic nitrogens is 1. The highest BCUT2D eigenvalue weighted by molar-refractivity contribution is 7.13. The number of benzene rings is 1. The average Bonchev–Trinajstić information content (AvgIpc) is 3.02. The van der Waals surface area contributed by atoms with Gasteiger partial charge in [-0.3, -0.25) is 14.9 Å². The van der Waals surface area contributed by atoms with Crippen LogP contribution in [0.2, 0.25) is 0 Å². The number of thiazole rings is 1. The monoisotopic (exact) mass is 362 g/mol. The number of carboxylic acids is 2. The van der Waals surface area contributed by atoms with E-state index in [1.54, 1.807) is 0 Å². The van der Waals surface area contributed by atoms with Crippen molar-refractivity contribution in [2.24, 2.45) is 5.92 Å². The van der Waals surface area contributed by atoms with Gasteiger partial charge in [-0.15, -0.1) is 11.3 Å². The topological polar surface area (TPSA) is 99.5 Å². The van der Waals surface area contributed by atoms with Gasteiger partial charge in [0, 0.05) is 17.4 Å². The van der Waals surface area contributed by atoms with Gasteiger partial charge in [-0.2, -0.15) is 0 Å². The molecule has 1 aromatic carbocycles. The minimum Gasteiger partial charge on any atom is -0.480 e. The van der Waals surface area contributed by atoms with Crippen LogP contribution in [0.25, 0.3) is 10.6 Å². The Morgan fingerprint density at radius 1 is 1.12 bits per heavy atom. The Balaban J connectivity index is 2.10. The summed E-state index contributed by atoms with van der Waals surface area (Å²) >= 11 is 1.44. The molecule has 1 heterocycles. The summed E-state index contributed by atoms with van der Waals surface area (Å²) in [7, 11) is 0. The smallest absolute Gasteiger partial charge is 0.321 e. The Kier molecular flexibility index (Phi) is 6.66. The molecule has 3 N–H and O–H groups in total. The van der Waals surface area contributed by atoms with E-state index in [0.717, 1.165) is 10.6 Å². The maximum Gasteiger partial charge on any atom is 0.321 e. The molecule has 2 atom stereocenters. The van der Waals surface area contributed by atoms with Crippen LogP contribution in [-0.2, 0) is 16.0 Å². The van der Waals surface area contributed by atoms with Crippen LogP contribution in [0.3, 0.4) is 0 Å². The van der Waals surface area contributed by atoms with Crippen LogP contribution < -0.4 is 5.32 Å². The van der Waals surface area contributed by atoms with Gasteiger partial charge in [0.15, 0.2) is 0 Å². The van der Waals surface area contributed by atoms with Crippen molar-refractivity contribution in [3.05, 3.63) is 41.4 Å². The lowest BCUT2D eigenvalue weighted by Crippen LogP contribution is -2.48. The quantitative estimate of drug-likeness (QED) is 0.634. The number of rotatable bonds is 9. The number of carbonyl (C=O) groups is 2. The van der Waals surface area contributed by atoms with Crippen LogP contribution in [0.15, 0.2) is 35.7 Å². The highest BCUT2D eigenvalue weighted by Crippen LogP contribution is 2.24. The fourth-order valence-corrected chi connectivity index (χ4v) is 3.33. The van der Waals surface area contributed by atoms with Gasteiger partial charge in [0.2, 0.25) is 0 Å². The van der Waals surface area contributed by atoms with Crippen molar-refractivity contribution >= 4 is 23.3 Å². The van der Waals surface area contributed by atoms with E-state index in [2.05, 4.69) is 10.3 Å². The van der Waals surface area contributed by atoms with Gasteiger partial charge >= 0.3 is 11.9 Å². The average molecular weight is 362 g/mol. The summed E-state index contributed by atoms with van der Waals surface area (Å²) in [6.07, 6.45) is 0.506. The van der Waals surface area contributed by atoms with E-state index < -0.39 is 24.0 Å². The van der Waals surface area contributed by atoms with E-state index in [1.807, 2.05) is 49.6 Å². The molecule has 134 valence electrons. The standard InChI is InChI=1S/C18H22N2O4S/c1-11(2)8-14(17(21)22)20-15(18(23)24)9-13-10-25-16(19-13)12-6-4-3-5-7-12/h3-7,10-11,14-15,20H,8-9H2,1-2H3,(H,21,22)(H,23,24)/t14?,15-/m0/s1. The molecule has 0 aliphatic carbocycles. The molecule has 0 aliphatic heterocycles. The Hall–Kier alpha value is -2.25. The second kappa shape index (κ2) is 8.73. The zero-order chi connectivity index (χ0) is 18.4. The Bertz CT molecular complexity index is 715.